The van der Waals surface area contributed by atoms with Crippen LogP contribution in [0.25, 0.3) is 21.5 Å². The fourth-order valence-electron chi connectivity index (χ4n) is 3.31. The van der Waals surface area contributed by atoms with Gasteiger partial charge in [-0.05, 0) is 32.7 Å². The average molecular weight is 348 g/mol. The number of fused-ring (bicyclic) bond motifs is 2. The average Bonchev–Trinajstić information content (AvgIpc) is 2.65. The molecule has 0 aliphatic rings. The van der Waals surface area contributed by atoms with Crippen LogP contribution in [0.15, 0.2) is 84.9 Å². The van der Waals surface area contributed by atoms with E-state index >= 15 is 0 Å². The highest BCUT2D eigenvalue weighted by molar-refractivity contribution is 7.74. The van der Waals surface area contributed by atoms with Gasteiger partial charge in [0, 0.05) is 0 Å². The molecular weight excluding hydrogens is 332 g/mol. The maximum absolute atomic E-state index is 11.5. The maximum atomic E-state index is 11.5. The van der Waals surface area contributed by atoms with Gasteiger partial charge >= 0.3 is 11.4 Å². The van der Waals surface area contributed by atoms with Gasteiger partial charge in [0.15, 0.2) is 0 Å². The fraction of sp³-hybridized carbons (Fsp3) is 0.0476. The molecule has 0 bridgehead atoms. The SMILES string of the molecule is O=S(O)OC(c1cccc2ccccc12)c1cccc2ccccc12. The molecule has 0 radical (unpaired) electrons. The van der Waals surface area contributed by atoms with Gasteiger partial charge < -0.3 is 0 Å². The normalized spacial score (nSPS) is 12.7. The summed E-state index contributed by atoms with van der Waals surface area (Å²) in [5.41, 5.74) is 1.74. The van der Waals surface area contributed by atoms with E-state index in [1.54, 1.807) is 0 Å². The van der Waals surface area contributed by atoms with Gasteiger partial charge in [0.1, 0.15) is 6.10 Å². The van der Waals surface area contributed by atoms with Crippen LogP contribution < -0.4 is 0 Å². The Morgan fingerprint density at radius 3 is 1.60 bits per heavy atom. The highest BCUT2D eigenvalue weighted by Gasteiger charge is 2.22. The lowest BCUT2D eigenvalue weighted by atomic mass is 9.93. The zero-order valence-electron chi connectivity index (χ0n) is 13.3. The smallest absolute Gasteiger partial charge is 0.284 e. The zero-order valence-corrected chi connectivity index (χ0v) is 14.1. The van der Waals surface area contributed by atoms with E-state index in [0.29, 0.717) is 0 Å². The lowest BCUT2D eigenvalue weighted by Gasteiger charge is -2.20. The highest BCUT2D eigenvalue weighted by Crippen LogP contribution is 2.35. The van der Waals surface area contributed by atoms with Crippen molar-refractivity contribution in [2.24, 2.45) is 0 Å². The van der Waals surface area contributed by atoms with Crippen LogP contribution in [0, 0.1) is 0 Å². The standard InChI is InChI=1S/C21H16O3S/c22-25(23)24-21(19-13-5-9-15-7-1-3-11-17(15)19)20-14-6-10-16-8-2-4-12-18(16)20/h1-14,21H,(H,22,23). The third-order valence-electron chi connectivity index (χ3n) is 4.39. The van der Waals surface area contributed by atoms with E-state index in [4.69, 9.17) is 4.18 Å². The molecule has 4 aromatic rings. The molecule has 4 rings (SSSR count). The minimum Gasteiger partial charge on any atom is -0.284 e. The Balaban J connectivity index is 1.98. The third kappa shape index (κ3) is 3.07. The number of hydrogen-bond donors (Lipinski definition) is 1. The molecule has 0 heterocycles. The lowest BCUT2D eigenvalue weighted by molar-refractivity contribution is 0.248. The van der Waals surface area contributed by atoms with Crippen LogP contribution in [-0.2, 0) is 15.5 Å². The molecule has 4 heteroatoms. The minimum atomic E-state index is -2.38. The van der Waals surface area contributed by atoms with E-state index in [0.717, 1.165) is 32.7 Å². The number of rotatable bonds is 4. The Hall–Kier alpha value is -2.53. The second kappa shape index (κ2) is 6.76. The van der Waals surface area contributed by atoms with Crippen LogP contribution in [0.2, 0.25) is 0 Å². The summed E-state index contributed by atoms with van der Waals surface area (Å²) in [5, 5.41) is 4.15. The summed E-state index contributed by atoms with van der Waals surface area (Å²) in [5.74, 6) is 0. The van der Waals surface area contributed by atoms with Crippen molar-refractivity contribution in [3.8, 4) is 0 Å². The topological polar surface area (TPSA) is 46.5 Å². The number of benzene rings is 4. The quantitative estimate of drug-likeness (QED) is 0.513. The van der Waals surface area contributed by atoms with Crippen LogP contribution in [-0.4, -0.2) is 8.76 Å². The van der Waals surface area contributed by atoms with Crippen molar-refractivity contribution >= 4 is 32.9 Å². The molecule has 1 atom stereocenters. The van der Waals surface area contributed by atoms with Crippen molar-refractivity contribution in [3.63, 3.8) is 0 Å². The first kappa shape index (κ1) is 16.0. The van der Waals surface area contributed by atoms with Crippen molar-refractivity contribution in [2.45, 2.75) is 6.10 Å². The Kier molecular flexibility index (Phi) is 4.32. The molecule has 0 aromatic heterocycles. The summed E-state index contributed by atoms with van der Waals surface area (Å²) in [6.45, 7) is 0. The second-order valence-electron chi connectivity index (χ2n) is 5.83. The molecular formula is C21H16O3S. The van der Waals surface area contributed by atoms with E-state index in [1.165, 1.54) is 0 Å². The van der Waals surface area contributed by atoms with Crippen LogP contribution in [0.1, 0.15) is 17.2 Å². The summed E-state index contributed by atoms with van der Waals surface area (Å²) in [6.07, 6.45) is -0.636. The Labute approximate surface area is 148 Å². The van der Waals surface area contributed by atoms with Crippen molar-refractivity contribution in [1.82, 2.24) is 0 Å². The highest BCUT2D eigenvalue weighted by atomic mass is 32.2. The molecule has 1 N–H and O–H groups in total. The lowest BCUT2D eigenvalue weighted by Crippen LogP contribution is -2.09. The summed E-state index contributed by atoms with van der Waals surface area (Å²) in [7, 11) is 0. The van der Waals surface area contributed by atoms with Gasteiger partial charge in [0.2, 0.25) is 0 Å². The van der Waals surface area contributed by atoms with Crippen LogP contribution in [0.3, 0.4) is 0 Å². The van der Waals surface area contributed by atoms with Crippen molar-refractivity contribution < 1.29 is 12.9 Å². The van der Waals surface area contributed by atoms with Gasteiger partial charge in [-0.25, -0.2) is 0 Å². The summed E-state index contributed by atoms with van der Waals surface area (Å²) in [4.78, 5) is 0. The van der Waals surface area contributed by atoms with Crippen LogP contribution >= 0.6 is 0 Å². The van der Waals surface area contributed by atoms with Gasteiger partial charge in [-0.15, -0.1) is 0 Å². The minimum absolute atomic E-state index is 0.636. The molecule has 3 nitrogen and oxygen atoms in total. The van der Waals surface area contributed by atoms with Crippen LogP contribution in [0.4, 0.5) is 0 Å². The summed E-state index contributed by atoms with van der Waals surface area (Å²) in [6, 6.07) is 27.8. The summed E-state index contributed by atoms with van der Waals surface area (Å²) >= 11 is -2.38. The molecule has 25 heavy (non-hydrogen) atoms. The van der Waals surface area contributed by atoms with E-state index in [1.807, 2.05) is 84.9 Å². The fourth-order valence-corrected chi connectivity index (χ4v) is 3.68. The van der Waals surface area contributed by atoms with Gasteiger partial charge in [-0.2, -0.15) is 4.21 Å². The van der Waals surface area contributed by atoms with E-state index in [9.17, 15) is 8.76 Å². The van der Waals surface area contributed by atoms with Crippen molar-refractivity contribution in [2.75, 3.05) is 0 Å². The summed E-state index contributed by atoms with van der Waals surface area (Å²) < 4.78 is 26.4. The molecule has 0 spiro atoms. The van der Waals surface area contributed by atoms with E-state index < -0.39 is 17.5 Å². The Morgan fingerprint density at radius 2 is 1.12 bits per heavy atom. The second-order valence-corrected chi connectivity index (χ2v) is 6.46. The molecule has 1 unspecified atom stereocenters. The predicted octanol–water partition coefficient (Wildman–Crippen LogP) is 5.24. The first-order valence-electron chi connectivity index (χ1n) is 7.97. The number of hydrogen-bond acceptors (Lipinski definition) is 2. The monoisotopic (exact) mass is 348 g/mol. The largest absolute Gasteiger partial charge is 0.302 e. The predicted molar refractivity (Wildman–Crippen MR) is 102 cm³/mol. The third-order valence-corrected chi connectivity index (χ3v) is 4.75. The van der Waals surface area contributed by atoms with Crippen molar-refractivity contribution in [3.05, 3.63) is 96.1 Å². The molecule has 0 aliphatic carbocycles. The molecule has 0 fully saturated rings. The Bertz CT molecular complexity index is 985. The maximum Gasteiger partial charge on any atom is 0.302 e. The van der Waals surface area contributed by atoms with Gasteiger partial charge in [-0.1, -0.05) is 84.9 Å². The molecule has 0 saturated heterocycles. The molecule has 0 saturated carbocycles. The Morgan fingerprint density at radius 1 is 0.680 bits per heavy atom. The van der Waals surface area contributed by atoms with E-state index in [-0.39, 0.29) is 0 Å². The molecule has 4 aromatic carbocycles. The van der Waals surface area contributed by atoms with Gasteiger partial charge in [0.25, 0.3) is 0 Å². The van der Waals surface area contributed by atoms with Gasteiger partial charge in [-0.3, -0.25) is 8.74 Å². The molecule has 0 aliphatic heterocycles. The van der Waals surface area contributed by atoms with Crippen molar-refractivity contribution in [1.29, 1.82) is 0 Å². The molecule has 124 valence electrons. The molecule has 0 amide bonds. The van der Waals surface area contributed by atoms with E-state index in [2.05, 4.69) is 0 Å². The zero-order chi connectivity index (χ0) is 17.2. The first-order valence-corrected chi connectivity index (χ1v) is 9.00. The van der Waals surface area contributed by atoms with Crippen LogP contribution in [0.5, 0.6) is 0 Å². The first-order chi connectivity index (χ1) is 12.2. The van der Waals surface area contributed by atoms with Gasteiger partial charge in [0.05, 0.1) is 0 Å².